The van der Waals surface area contributed by atoms with Crippen LogP contribution in [0.5, 0.6) is 0 Å². The molecule has 0 N–H and O–H groups in total. The number of nitrogens with zero attached hydrogens (tertiary/aromatic N) is 2. The number of hydrogen-bond donors (Lipinski definition) is 0. The fraction of sp³-hybridized carbons (Fsp3) is 0.0411. The first-order chi connectivity index (χ1) is 37.2. The Bertz CT molecular complexity index is 4090. The maximum absolute atomic E-state index is 2.54. The highest BCUT2D eigenvalue weighted by Crippen LogP contribution is 2.58. The third-order valence-electron chi connectivity index (χ3n) is 15.8. The predicted molar refractivity (Wildman–Crippen MR) is 314 cm³/mol. The molecular weight excluding hydrogens is 905 g/mol. The highest BCUT2D eigenvalue weighted by molar-refractivity contribution is 6.11. The molecule has 2 aliphatic rings. The van der Waals surface area contributed by atoms with E-state index in [4.69, 9.17) is 0 Å². The van der Waals surface area contributed by atoms with Crippen LogP contribution >= 0.6 is 0 Å². The van der Waals surface area contributed by atoms with Crippen LogP contribution in [0.4, 0.5) is 11.4 Å². The van der Waals surface area contributed by atoms with Gasteiger partial charge in [-0.2, -0.15) is 0 Å². The van der Waals surface area contributed by atoms with Crippen LogP contribution in [0.25, 0.3) is 72.0 Å². The molecule has 2 heteroatoms. The van der Waals surface area contributed by atoms with Crippen molar-refractivity contribution in [1.29, 1.82) is 0 Å². The molecule has 2 nitrogen and oxygen atoms in total. The molecule has 2 aliphatic carbocycles. The summed E-state index contributed by atoms with van der Waals surface area (Å²) in [5, 5.41) is 2.48. The average molecular weight is 957 g/mol. The van der Waals surface area contributed by atoms with Gasteiger partial charge in [-0.05, 0) is 122 Å². The fourth-order valence-corrected chi connectivity index (χ4v) is 12.6. The molecule has 12 aromatic rings. The van der Waals surface area contributed by atoms with Crippen LogP contribution in [0.1, 0.15) is 40.2 Å². The molecule has 0 radical (unpaired) electrons. The normalized spacial score (nSPS) is 14.3. The van der Waals surface area contributed by atoms with Crippen molar-refractivity contribution in [2.75, 3.05) is 4.90 Å². The van der Waals surface area contributed by atoms with Crippen molar-refractivity contribution in [2.45, 2.75) is 17.8 Å². The number of rotatable bonds is 10. The molecule has 1 atom stereocenters. The summed E-state index contributed by atoms with van der Waals surface area (Å²) in [6, 6.07) is 103. The van der Waals surface area contributed by atoms with E-state index in [2.05, 4.69) is 307 Å². The van der Waals surface area contributed by atoms with E-state index < -0.39 is 5.41 Å². The molecule has 1 aromatic heterocycles. The van der Waals surface area contributed by atoms with Crippen LogP contribution < -0.4 is 4.90 Å². The molecule has 1 unspecified atom stereocenters. The first-order valence-corrected chi connectivity index (χ1v) is 26.2. The Hall–Kier alpha value is -9.50. The number of para-hydroxylation sites is 2. The van der Waals surface area contributed by atoms with Crippen LogP contribution in [-0.4, -0.2) is 4.57 Å². The van der Waals surface area contributed by atoms with E-state index in [1.54, 1.807) is 0 Å². The van der Waals surface area contributed by atoms with E-state index in [-0.39, 0.29) is 5.92 Å². The van der Waals surface area contributed by atoms with Crippen molar-refractivity contribution in [3.63, 3.8) is 0 Å². The molecule has 0 spiro atoms. The van der Waals surface area contributed by atoms with E-state index in [9.17, 15) is 0 Å². The van der Waals surface area contributed by atoms with Gasteiger partial charge in [0.1, 0.15) is 0 Å². The lowest BCUT2D eigenvalue weighted by Gasteiger charge is -2.34. The summed E-state index contributed by atoms with van der Waals surface area (Å²) in [6.07, 6.45) is 8.05. The number of allylic oxidation sites excluding steroid dienone is 3. The summed E-state index contributed by atoms with van der Waals surface area (Å²) in [5.74, 6) is 0.143. The van der Waals surface area contributed by atoms with E-state index >= 15 is 0 Å². The van der Waals surface area contributed by atoms with Gasteiger partial charge in [0, 0.05) is 39.3 Å². The van der Waals surface area contributed by atoms with Crippen molar-refractivity contribution in [2.24, 2.45) is 0 Å². The molecular formula is C73H52N2. The number of benzene rings is 11. The van der Waals surface area contributed by atoms with Gasteiger partial charge in [-0.1, -0.05) is 249 Å². The second-order valence-corrected chi connectivity index (χ2v) is 19.9. The summed E-state index contributed by atoms with van der Waals surface area (Å²) >= 11 is 0. The third-order valence-corrected chi connectivity index (χ3v) is 15.8. The highest BCUT2D eigenvalue weighted by Gasteiger charge is 2.47. The Morgan fingerprint density at radius 3 is 1.64 bits per heavy atom. The Balaban J connectivity index is 0.890. The van der Waals surface area contributed by atoms with Gasteiger partial charge in [0.2, 0.25) is 0 Å². The zero-order valence-corrected chi connectivity index (χ0v) is 41.5. The van der Waals surface area contributed by atoms with E-state index in [1.165, 1.54) is 99.8 Å². The maximum atomic E-state index is 2.54. The SMILES string of the molecule is C1=CC(N(c2ccccc2)c2ccc(-c3ccccc3-c3ccccc3)cc2)=CC(c2ccccc2-c2ccc3c4ccccc4n(-c4cccc5c4-c4ccccc4C5(c4ccccc4)c4ccccc4)c3c2)C1. The van der Waals surface area contributed by atoms with E-state index in [0.717, 1.165) is 23.5 Å². The van der Waals surface area contributed by atoms with Gasteiger partial charge in [-0.25, -0.2) is 0 Å². The Morgan fingerprint density at radius 2 is 0.920 bits per heavy atom. The van der Waals surface area contributed by atoms with E-state index in [0.29, 0.717) is 0 Å². The topological polar surface area (TPSA) is 8.17 Å². The molecule has 11 aromatic carbocycles. The lowest BCUT2D eigenvalue weighted by atomic mass is 9.68. The number of hydrogen-bond acceptors (Lipinski definition) is 1. The van der Waals surface area contributed by atoms with Crippen molar-refractivity contribution >= 4 is 33.2 Å². The second kappa shape index (κ2) is 18.5. The molecule has 1 heterocycles. The molecule has 0 aliphatic heterocycles. The van der Waals surface area contributed by atoms with Crippen LogP contribution in [-0.2, 0) is 5.41 Å². The van der Waals surface area contributed by atoms with Crippen molar-refractivity contribution in [3.05, 3.63) is 331 Å². The zero-order valence-electron chi connectivity index (χ0n) is 41.5. The molecule has 0 fully saturated rings. The highest BCUT2D eigenvalue weighted by atomic mass is 15.1. The van der Waals surface area contributed by atoms with Crippen molar-refractivity contribution in [3.8, 4) is 50.2 Å². The van der Waals surface area contributed by atoms with Gasteiger partial charge >= 0.3 is 0 Å². The lowest BCUT2D eigenvalue weighted by Crippen LogP contribution is -2.28. The molecule has 0 bridgehead atoms. The lowest BCUT2D eigenvalue weighted by molar-refractivity contribution is 0.768. The smallest absolute Gasteiger partial charge is 0.0714 e. The molecule has 0 saturated carbocycles. The van der Waals surface area contributed by atoms with Gasteiger partial charge in [-0.15, -0.1) is 0 Å². The van der Waals surface area contributed by atoms with Gasteiger partial charge in [0.25, 0.3) is 0 Å². The molecule has 354 valence electrons. The molecule has 75 heavy (non-hydrogen) atoms. The summed E-state index contributed by atoms with van der Waals surface area (Å²) < 4.78 is 2.54. The van der Waals surface area contributed by atoms with Crippen LogP contribution in [0, 0.1) is 0 Å². The standard InChI is InChI=1S/C73H52N2/c1-5-23-51(24-6-1)60-33-13-14-34-61(60)52-43-46-58(47-44-52)74(57-30-11-4-12-31-57)59-32-21-25-53(49-59)62-35-15-16-36-63(62)54-45-48-65-64-37-18-20-41-69(64)75(71(65)50-54)70-42-22-40-68-72(70)66-38-17-19-39-67(66)73(68,55-26-7-2-8-27-55)56-28-9-3-10-29-56/h1-24,26-50,53H,25H2. The van der Waals surface area contributed by atoms with Crippen molar-refractivity contribution < 1.29 is 0 Å². The molecule has 0 amide bonds. The first-order valence-electron chi connectivity index (χ1n) is 26.2. The number of aromatic nitrogens is 1. The summed E-state index contributed by atoms with van der Waals surface area (Å²) in [4.78, 5) is 2.41. The number of fused-ring (bicyclic) bond motifs is 6. The maximum Gasteiger partial charge on any atom is 0.0714 e. The summed E-state index contributed by atoms with van der Waals surface area (Å²) in [7, 11) is 0. The van der Waals surface area contributed by atoms with Gasteiger partial charge in [0.15, 0.2) is 0 Å². The minimum atomic E-state index is -0.498. The summed E-state index contributed by atoms with van der Waals surface area (Å²) in [6.45, 7) is 0. The first kappa shape index (κ1) is 44.2. The third kappa shape index (κ3) is 7.32. The van der Waals surface area contributed by atoms with Crippen LogP contribution in [0.3, 0.4) is 0 Å². The van der Waals surface area contributed by atoms with Gasteiger partial charge in [-0.3, -0.25) is 0 Å². The van der Waals surface area contributed by atoms with Crippen molar-refractivity contribution in [1.82, 2.24) is 4.57 Å². The average Bonchev–Trinajstić information content (AvgIpc) is 4.02. The zero-order chi connectivity index (χ0) is 49.7. The minimum absolute atomic E-state index is 0.143. The second-order valence-electron chi connectivity index (χ2n) is 19.9. The molecule has 14 rings (SSSR count). The van der Waals surface area contributed by atoms with Crippen LogP contribution in [0.2, 0.25) is 0 Å². The predicted octanol–water partition coefficient (Wildman–Crippen LogP) is 18.9. The van der Waals surface area contributed by atoms with Gasteiger partial charge in [0.05, 0.1) is 22.1 Å². The van der Waals surface area contributed by atoms with Crippen LogP contribution in [0.15, 0.2) is 303 Å². The quantitative estimate of drug-likeness (QED) is 0.133. The summed E-state index contributed by atoms with van der Waals surface area (Å²) in [5.41, 5.74) is 22.8. The Morgan fingerprint density at radius 1 is 0.387 bits per heavy atom. The molecule has 0 saturated heterocycles. The minimum Gasteiger partial charge on any atom is -0.311 e. The fourth-order valence-electron chi connectivity index (χ4n) is 12.6. The number of anilines is 2. The Labute approximate surface area is 439 Å². The van der Waals surface area contributed by atoms with Gasteiger partial charge < -0.3 is 9.47 Å². The largest absolute Gasteiger partial charge is 0.311 e. The monoisotopic (exact) mass is 956 g/mol. The van der Waals surface area contributed by atoms with E-state index in [1.807, 2.05) is 0 Å². The Kier molecular flexibility index (Phi) is 10.9.